The average molecular weight is 310 g/mol. The summed E-state index contributed by atoms with van der Waals surface area (Å²) in [6.45, 7) is 7.26. The van der Waals surface area contributed by atoms with E-state index in [2.05, 4.69) is 60.5 Å². The Morgan fingerprint density at radius 1 is 1.00 bits per heavy atom. The Morgan fingerprint density at radius 3 is 2.39 bits per heavy atom. The molecule has 0 bridgehead atoms. The molecule has 0 saturated carbocycles. The topological polar surface area (TPSA) is 24.5 Å². The first kappa shape index (κ1) is 15.7. The van der Waals surface area contributed by atoms with Crippen LogP contribution in [0.1, 0.15) is 32.3 Å². The van der Waals surface area contributed by atoms with Crippen molar-refractivity contribution in [1.29, 1.82) is 0 Å². The van der Waals surface area contributed by atoms with Crippen LogP contribution in [-0.2, 0) is 6.54 Å². The Morgan fingerprint density at radius 2 is 1.70 bits per heavy atom. The van der Waals surface area contributed by atoms with Crippen molar-refractivity contribution in [2.75, 3.05) is 23.3 Å². The molecule has 1 saturated heterocycles. The zero-order chi connectivity index (χ0) is 16.1. The number of nitrogens with zero attached hydrogens (tertiary/aromatic N) is 1. The maximum Gasteiger partial charge on any atom is 0.124 e. The van der Waals surface area contributed by atoms with Gasteiger partial charge in [0.25, 0.3) is 0 Å². The van der Waals surface area contributed by atoms with Crippen molar-refractivity contribution in [2.24, 2.45) is 0 Å². The van der Waals surface area contributed by atoms with E-state index in [4.69, 9.17) is 4.74 Å². The monoisotopic (exact) mass is 310 g/mol. The van der Waals surface area contributed by atoms with Crippen molar-refractivity contribution in [3.8, 4) is 5.75 Å². The molecule has 0 radical (unpaired) electrons. The first-order valence-electron chi connectivity index (χ1n) is 8.56. The molecular formula is C20H26N2O. The summed E-state index contributed by atoms with van der Waals surface area (Å²) in [5.74, 6) is 0.962. The minimum absolute atomic E-state index is 0.191. The highest BCUT2D eigenvalue weighted by atomic mass is 16.5. The fourth-order valence-corrected chi connectivity index (χ4v) is 2.98. The van der Waals surface area contributed by atoms with Crippen LogP contribution in [0.25, 0.3) is 0 Å². The van der Waals surface area contributed by atoms with E-state index in [1.54, 1.807) is 0 Å². The zero-order valence-corrected chi connectivity index (χ0v) is 14.1. The number of ether oxygens (including phenoxy) is 1. The molecule has 0 unspecified atom stereocenters. The van der Waals surface area contributed by atoms with Gasteiger partial charge in [0.1, 0.15) is 5.75 Å². The van der Waals surface area contributed by atoms with E-state index in [9.17, 15) is 0 Å². The lowest BCUT2D eigenvalue weighted by molar-refractivity contribution is 0.240. The van der Waals surface area contributed by atoms with Crippen LogP contribution in [0.4, 0.5) is 11.4 Å². The normalized spacial score (nSPS) is 14.3. The minimum Gasteiger partial charge on any atom is -0.491 e. The largest absolute Gasteiger partial charge is 0.491 e. The summed E-state index contributed by atoms with van der Waals surface area (Å²) in [4.78, 5) is 2.45. The third kappa shape index (κ3) is 4.19. The van der Waals surface area contributed by atoms with Crippen LogP contribution in [-0.4, -0.2) is 19.2 Å². The van der Waals surface area contributed by atoms with Crippen LogP contribution < -0.4 is 15.0 Å². The summed E-state index contributed by atoms with van der Waals surface area (Å²) in [6, 6.07) is 17.0. The van der Waals surface area contributed by atoms with Crippen molar-refractivity contribution < 1.29 is 4.74 Å². The summed E-state index contributed by atoms with van der Waals surface area (Å²) >= 11 is 0. The lowest BCUT2D eigenvalue weighted by atomic mass is 10.2. The van der Waals surface area contributed by atoms with Crippen molar-refractivity contribution in [2.45, 2.75) is 39.3 Å². The molecule has 1 fully saturated rings. The van der Waals surface area contributed by atoms with Crippen LogP contribution >= 0.6 is 0 Å². The van der Waals surface area contributed by atoms with Gasteiger partial charge < -0.3 is 15.0 Å². The van der Waals surface area contributed by atoms with Crippen molar-refractivity contribution >= 4 is 11.4 Å². The molecule has 0 amide bonds. The second-order valence-electron chi connectivity index (χ2n) is 6.37. The van der Waals surface area contributed by atoms with Gasteiger partial charge in [-0.15, -0.1) is 0 Å². The number of anilines is 2. The van der Waals surface area contributed by atoms with Gasteiger partial charge in [0.05, 0.1) is 6.10 Å². The molecule has 2 aromatic carbocycles. The Kier molecular flexibility index (Phi) is 5.06. The third-order valence-corrected chi connectivity index (χ3v) is 4.16. The van der Waals surface area contributed by atoms with E-state index in [1.165, 1.54) is 37.2 Å². The molecule has 3 heteroatoms. The van der Waals surface area contributed by atoms with Gasteiger partial charge in [0.15, 0.2) is 0 Å². The lowest BCUT2D eigenvalue weighted by Gasteiger charge is -2.18. The SMILES string of the molecule is CC(C)Oc1ccccc1CNc1ccc(N2CCCC2)cc1. The number of benzene rings is 2. The maximum absolute atomic E-state index is 5.87. The quantitative estimate of drug-likeness (QED) is 0.838. The van der Waals surface area contributed by atoms with Crippen LogP contribution in [0.15, 0.2) is 48.5 Å². The molecule has 0 atom stereocenters. The fraction of sp³-hybridized carbons (Fsp3) is 0.400. The van der Waals surface area contributed by atoms with Crippen LogP contribution in [0.5, 0.6) is 5.75 Å². The average Bonchev–Trinajstić information content (AvgIpc) is 3.08. The number of hydrogen-bond acceptors (Lipinski definition) is 3. The Balaban J connectivity index is 1.62. The lowest BCUT2D eigenvalue weighted by Crippen LogP contribution is -2.17. The summed E-state index contributed by atoms with van der Waals surface area (Å²) in [6.07, 6.45) is 2.81. The summed E-state index contributed by atoms with van der Waals surface area (Å²) in [5.41, 5.74) is 3.66. The van der Waals surface area contributed by atoms with Gasteiger partial charge in [-0.2, -0.15) is 0 Å². The molecule has 0 spiro atoms. The fourth-order valence-electron chi connectivity index (χ4n) is 2.98. The van der Waals surface area contributed by atoms with Crippen molar-refractivity contribution in [3.05, 3.63) is 54.1 Å². The molecule has 0 aliphatic carbocycles. The molecule has 1 heterocycles. The van der Waals surface area contributed by atoms with E-state index in [0.29, 0.717) is 0 Å². The third-order valence-electron chi connectivity index (χ3n) is 4.16. The molecule has 23 heavy (non-hydrogen) atoms. The Bertz CT molecular complexity index is 616. The second kappa shape index (κ2) is 7.40. The standard InChI is InChI=1S/C20H26N2O/c1-16(2)23-20-8-4-3-7-17(20)15-21-18-9-11-19(12-10-18)22-13-5-6-14-22/h3-4,7-12,16,21H,5-6,13-15H2,1-2H3. The van der Waals surface area contributed by atoms with Gasteiger partial charge in [-0.3, -0.25) is 0 Å². The van der Waals surface area contributed by atoms with Gasteiger partial charge in [-0.25, -0.2) is 0 Å². The van der Waals surface area contributed by atoms with Crippen LogP contribution in [0.3, 0.4) is 0 Å². The molecule has 1 aliphatic heterocycles. The molecule has 3 nitrogen and oxygen atoms in total. The molecular weight excluding hydrogens is 284 g/mol. The molecule has 2 aromatic rings. The highest BCUT2D eigenvalue weighted by molar-refractivity contribution is 5.56. The Hall–Kier alpha value is -2.16. The number of rotatable bonds is 6. The highest BCUT2D eigenvalue weighted by Crippen LogP contribution is 2.24. The van der Waals surface area contributed by atoms with Gasteiger partial charge in [-0.1, -0.05) is 18.2 Å². The predicted molar refractivity (Wildman–Crippen MR) is 97.4 cm³/mol. The maximum atomic E-state index is 5.87. The Labute approximate surface area is 139 Å². The number of hydrogen-bond donors (Lipinski definition) is 1. The van der Waals surface area contributed by atoms with Crippen molar-refractivity contribution in [3.63, 3.8) is 0 Å². The predicted octanol–water partition coefficient (Wildman–Crippen LogP) is 4.69. The van der Waals surface area contributed by atoms with Gasteiger partial charge in [0, 0.05) is 36.6 Å². The van der Waals surface area contributed by atoms with E-state index < -0.39 is 0 Å². The van der Waals surface area contributed by atoms with Crippen LogP contribution in [0.2, 0.25) is 0 Å². The van der Waals surface area contributed by atoms with E-state index >= 15 is 0 Å². The van der Waals surface area contributed by atoms with Crippen LogP contribution in [0, 0.1) is 0 Å². The molecule has 1 aliphatic rings. The van der Waals surface area contributed by atoms with Crippen molar-refractivity contribution in [1.82, 2.24) is 0 Å². The summed E-state index contributed by atoms with van der Waals surface area (Å²) < 4.78 is 5.87. The molecule has 0 aromatic heterocycles. The van der Waals surface area contributed by atoms with E-state index in [-0.39, 0.29) is 6.10 Å². The zero-order valence-electron chi connectivity index (χ0n) is 14.1. The smallest absolute Gasteiger partial charge is 0.124 e. The van der Waals surface area contributed by atoms with Gasteiger partial charge in [-0.05, 0) is 57.0 Å². The van der Waals surface area contributed by atoms with E-state index in [0.717, 1.165) is 18.0 Å². The van der Waals surface area contributed by atoms with Gasteiger partial charge in [0.2, 0.25) is 0 Å². The van der Waals surface area contributed by atoms with Gasteiger partial charge >= 0.3 is 0 Å². The first-order chi connectivity index (χ1) is 11.2. The molecule has 1 N–H and O–H groups in total. The summed E-state index contributed by atoms with van der Waals surface area (Å²) in [5, 5.41) is 3.49. The molecule has 122 valence electrons. The van der Waals surface area contributed by atoms with E-state index in [1.807, 2.05) is 12.1 Å². The summed E-state index contributed by atoms with van der Waals surface area (Å²) in [7, 11) is 0. The highest BCUT2D eigenvalue weighted by Gasteiger charge is 2.11. The number of para-hydroxylation sites is 1. The number of nitrogens with one attached hydrogen (secondary N) is 1. The second-order valence-corrected chi connectivity index (χ2v) is 6.37. The first-order valence-corrected chi connectivity index (χ1v) is 8.56. The minimum atomic E-state index is 0.191. The molecule has 3 rings (SSSR count).